The molecule has 0 amide bonds. The molecule has 5 heterocycles. The molecule has 1 atom stereocenters. The summed E-state index contributed by atoms with van der Waals surface area (Å²) in [4.78, 5) is 6.72. The molecule has 15 heteroatoms. The summed E-state index contributed by atoms with van der Waals surface area (Å²) in [5, 5.41) is 22.1. The van der Waals surface area contributed by atoms with Crippen LogP contribution in [0.25, 0.3) is 11.4 Å². The first kappa shape index (κ1) is 26.0. The first-order chi connectivity index (χ1) is 19.0. The molecule has 3 aliphatic heterocycles. The number of aromatic amines is 1. The number of piperazine rings is 2. The Hall–Kier alpha value is -3.27. The average Bonchev–Trinajstić information content (AvgIpc) is 3.69. The fourth-order valence-corrected chi connectivity index (χ4v) is 6.76. The van der Waals surface area contributed by atoms with E-state index < -0.39 is 15.8 Å². The number of sulfonamides is 1. The van der Waals surface area contributed by atoms with Gasteiger partial charge in [-0.2, -0.15) is 9.52 Å². The maximum Gasteiger partial charge on any atom is 0.243 e. The zero-order valence-electron chi connectivity index (χ0n) is 21.5. The number of anilines is 2. The summed E-state index contributed by atoms with van der Waals surface area (Å²) in [6.07, 6.45) is 2.69. The van der Waals surface area contributed by atoms with E-state index in [4.69, 9.17) is 4.74 Å². The quantitative estimate of drug-likeness (QED) is 0.437. The minimum absolute atomic E-state index is 0.00283. The van der Waals surface area contributed by atoms with E-state index in [0.29, 0.717) is 25.0 Å². The van der Waals surface area contributed by atoms with Gasteiger partial charge in [-0.25, -0.2) is 12.8 Å². The Morgan fingerprint density at radius 2 is 1.62 bits per heavy atom. The van der Waals surface area contributed by atoms with Gasteiger partial charge < -0.3 is 14.5 Å². The highest BCUT2D eigenvalue weighted by Crippen LogP contribution is 2.26. The largest absolute Gasteiger partial charge is 0.377 e. The van der Waals surface area contributed by atoms with Crippen molar-refractivity contribution < 1.29 is 17.5 Å². The van der Waals surface area contributed by atoms with Gasteiger partial charge in [0.15, 0.2) is 11.6 Å². The number of tetrazole rings is 1. The maximum atomic E-state index is 14.3. The molecule has 0 spiro atoms. The summed E-state index contributed by atoms with van der Waals surface area (Å²) in [6.45, 7) is 7.11. The van der Waals surface area contributed by atoms with E-state index in [9.17, 15) is 12.8 Å². The van der Waals surface area contributed by atoms with Crippen LogP contribution in [0, 0.1) is 5.82 Å². The Balaban J connectivity index is 1.04. The molecule has 3 fully saturated rings. The van der Waals surface area contributed by atoms with E-state index in [2.05, 4.69) is 40.6 Å². The fourth-order valence-electron chi connectivity index (χ4n) is 5.31. The fraction of sp³-hybridized carbons (Fsp3) is 0.542. The normalized spacial score (nSPS) is 21.5. The van der Waals surface area contributed by atoms with Gasteiger partial charge in [-0.05, 0) is 48.4 Å². The zero-order chi connectivity index (χ0) is 26.8. The zero-order valence-corrected chi connectivity index (χ0v) is 22.3. The molecule has 3 aromatic rings. The van der Waals surface area contributed by atoms with Crippen molar-refractivity contribution in [1.29, 1.82) is 0 Å². The van der Waals surface area contributed by atoms with Gasteiger partial charge in [-0.15, -0.1) is 20.4 Å². The van der Waals surface area contributed by atoms with Gasteiger partial charge in [-0.3, -0.25) is 4.90 Å². The first-order valence-corrected chi connectivity index (χ1v) is 14.6. The summed E-state index contributed by atoms with van der Waals surface area (Å²) in [7, 11) is -3.83. The van der Waals surface area contributed by atoms with Gasteiger partial charge in [0.25, 0.3) is 0 Å². The minimum Gasteiger partial charge on any atom is -0.377 e. The van der Waals surface area contributed by atoms with Crippen LogP contribution in [-0.2, 0) is 14.8 Å². The molecule has 6 rings (SSSR count). The summed E-state index contributed by atoms with van der Waals surface area (Å²) in [6, 6.07) is 7.54. The van der Waals surface area contributed by atoms with Crippen LogP contribution < -0.4 is 9.80 Å². The lowest BCUT2D eigenvalue weighted by Crippen LogP contribution is -2.49. The van der Waals surface area contributed by atoms with Crippen LogP contribution in [0.4, 0.5) is 16.0 Å². The second-order valence-corrected chi connectivity index (χ2v) is 11.9. The van der Waals surface area contributed by atoms with Crippen LogP contribution in [0.2, 0.25) is 0 Å². The second-order valence-electron chi connectivity index (χ2n) is 9.94. The number of halogens is 1. The van der Waals surface area contributed by atoms with Gasteiger partial charge >= 0.3 is 0 Å². The summed E-state index contributed by atoms with van der Waals surface area (Å²) >= 11 is 0. The second kappa shape index (κ2) is 11.1. The average molecular weight is 559 g/mol. The van der Waals surface area contributed by atoms with E-state index in [1.165, 1.54) is 16.4 Å². The third kappa shape index (κ3) is 5.57. The predicted octanol–water partition coefficient (Wildman–Crippen LogP) is 0.608. The lowest BCUT2D eigenvalue weighted by atomic mass is 10.2. The third-order valence-electron chi connectivity index (χ3n) is 7.54. The summed E-state index contributed by atoms with van der Waals surface area (Å²) < 4.78 is 48.0. The Kier molecular flexibility index (Phi) is 7.38. The molecule has 0 saturated carbocycles. The molecule has 2 aromatic heterocycles. The molecule has 0 radical (unpaired) electrons. The van der Waals surface area contributed by atoms with Gasteiger partial charge in [0.05, 0.1) is 16.6 Å². The van der Waals surface area contributed by atoms with Crippen molar-refractivity contribution in [3.05, 3.63) is 36.1 Å². The summed E-state index contributed by atoms with van der Waals surface area (Å²) in [5.41, 5.74) is -0.0249. The molecule has 1 N–H and O–H groups in total. The first-order valence-electron chi connectivity index (χ1n) is 13.2. The minimum atomic E-state index is -3.83. The van der Waals surface area contributed by atoms with Gasteiger partial charge in [-0.1, -0.05) is 0 Å². The summed E-state index contributed by atoms with van der Waals surface area (Å²) in [5.74, 6) is 0.944. The lowest BCUT2D eigenvalue weighted by Gasteiger charge is -2.36. The number of ether oxygens (including phenoxy) is 1. The van der Waals surface area contributed by atoms with E-state index in [1.54, 1.807) is 0 Å². The van der Waals surface area contributed by atoms with Gasteiger partial charge in [0.1, 0.15) is 5.82 Å². The van der Waals surface area contributed by atoms with Crippen molar-refractivity contribution in [3.8, 4) is 11.4 Å². The molecule has 0 bridgehead atoms. The number of benzene rings is 1. The Morgan fingerprint density at radius 1 is 0.923 bits per heavy atom. The van der Waals surface area contributed by atoms with Crippen LogP contribution in [-0.4, -0.2) is 120 Å². The van der Waals surface area contributed by atoms with E-state index in [1.807, 2.05) is 17.0 Å². The molecule has 1 aromatic carbocycles. The van der Waals surface area contributed by atoms with E-state index in [-0.39, 0.29) is 29.4 Å². The number of rotatable bonds is 7. The SMILES string of the molecule is O=S(=O)(c1ccc(F)c(-c2nn[nH]n2)c1)N1CCN(c2ccc(N3CCN(CC4CCCO4)CC3)nn2)CC1. The van der Waals surface area contributed by atoms with Gasteiger partial charge in [0.2, 0.25) is 15.8 Å². The number of hydrogen-bond donors (Lipinski definition) is 1. The van der Waals surface area contributed by atoms with Crippen LogP contribution in [0.3, 0.4) is 0 Å². The molecule has 208 valence electrons. The monoisotopic (exact) mass is 558 g/mol. The highest BCUT2D eigenvalue weighted by molar-refractivity contribution is 7.89. The molecule has 3 saturated heterocycles. The highest BCUT2D eigenvalue weighted by atomic mass is 32.2. The molecular formula is C24H31FN10O3S. The number of hydrogen-bond acceptors (Lipinski definition) is 11. The third-order valence-corrected chi connectivity index (χ3v) is 9.44. The maximum absolute atomic E-state index is 14.3. The lowest BCUT2D eigenvalue weighted by molar-refractivity contribution is 0.0712. The Bertz CT molecular complexity index is 1350. The van der Waals surface area contributed by atoms with Crippen LogP contribution in [0.15, 0.2) is 35.2 Å². The van der Waals surface area contributed by atoms with Crippen LogP contribution >= 0.6 is 0 Å². The standard InChI is InChI=1S/C24H31FN10O3S/c25-21-4-3-19(16-20(21)24-28-30-31-29-24)39(36,37)35-13-11-34(12-14-35)23-6-5-22(26-27-23)33-9-7-32(8-10-33)17-18-2-1-15-38-18/h3-6,16,18H,1-2,7-15,17H2,(H,28,29,30,31). The number of nitrogens with zero attached hydrogens (tertiary/aromatic N) is 9. The Morgan fingerprint density at radius 3 is 2.21 bits per heavy atom. The number of nitrogens with one attached hydrogen (secondary N) is 1. The molecular weight excluding hydrogens is 527 g/mol. The topological polar surface area (TPSA) is 137 Å². The van der Waals surface area contributed by atoms with Crippen molar-refractivity contribution in [2.24, 2.45) is 0 Å². The van der Waals surface area contributed by atoms with Crippen LogP contribution in [0.1, 0.15) is 12.8 Å². The van der Waals surface area contributed by atoms with Crippen molar-refractivity contribution in [2.75, 3.05) is 75.3 Å². The van der Waals surface area contributed by atoms with E-state index >= 15 is 0 Å². The van der Waals surface area contributed by atoms with Crippen molar-refractivity contribution >= 4 is 21.7 Å². The predicted molar refractivity (Wildman–Crippen MR) is 140 cm³/mol. The van der Waals surface area contributed by atoms with Crippen molar-refractivity contribution in [2.45, 2.75) is 23.8 Å². The van der Waals surface area contributed by atoms with Crippen LogP contribution in [0.5, 0.6) is 0 Å². The highest BCUT2D eigenvalue weighted by Gasteiger charge is 2.30. The van der Waals surface area contributed by atoms with Crippen molar-refractivity contribution in [1.82, 2.24) is 40.0 Å². The molecule has 13 nitrogen and oxygen atoms in total. The molecule has 1 unspecified atom stereocenters. The Labute approximate surface area is 226 Å². The van der Waals surface area contributed by atoms with Gasteiger partial charge in [0, 0.05) is 65.5 Å². The molecule has 39 heavy (non-hydrogen) atoms. The number of H-pyrrole nitrogens is 1. The molecule has 0 aliphatic carbocycles. The molecule has 3 aliphatic rings. The van der Waals surface area contributed by atoms with E-state index in [0.717, 1.165) is 64.1 Å². The van der Waals surface area contributed by atoms with Crippen molar-refractivity contribution in [3.63, 3.8) is 0 Å². The smallest absolute Gasteiger partial charge is 0.243 e. The number of aromatic nitrogens is 6.